The SMILES string of the molecule is COc1cccc([C@H](C)NC2CCC3(CC2)OCCO3)c1. The average molecular weight is 291 g/mol. The Morgan fingerprint density at radius 1 is 1.24 bits per heavy atom. The Balaban J connectivity index is 1.54. The molecule has 1 atom stereocenters. The van der Waals surface area contributed by atoms with Gasteiger partial charge >= 0.3 is 0 Å². The van der Waals surface area contributed by atoms with E-state index in [-0.39, 0.29) is 5.79 Å². The molecular formula is C17H25NO3. The fraction of sp³-hybridized carbons (Fsp3) is 0.647. The van der Waals surface area contributed by atoms with Crippen molar-refractivity contribution in [1.29, 1.82) is 0 Å². The molecule has 1 heterocycles. The molecule has 1 saturated carbocycles. The minimum absolute atomic E-state index is 0.266. The Morgan fingerprint density at radius 2 is 1.95 bits per heavy atom. The molecule has 1 aromatic carbocycles. The molecule has 0 radical (unpaired) electrons. The van der Waals surface area contributed by atoms with Gasteiger partial charge in [0.15, 0.2) is 5.79 Å². The van der Waals surface area contributed by atoms with Gasteiger partial charge in [0.1, 0.15) is 5.75 Å². The Bertz CT molecular complexity index is 461. The first-order valence-corrected chi connectivity index (χ1v) is 7.89. The third-order valence-electron chi connectivity index (χ3n) is 4.64. The van der Waals surface area contributed by atoms with Gasteiger partial charge in [0.25, 0.3) is 0 Å². The van der Waals surface area contributed by atoms with Crippen molar-refractivity contribution in [1.82, 2.24) is 5.32 Å². The third-order valence-corrected chi connectivity index (χ3v) is 4.64. The van der Waals surface area contributed by atoms with Gasteiger partial charge in [0.05, 0.1) is 20.3 Å². The molecule has 1 aromatic rings. The van der Waals surface area contributed by atoms with Crippen molar-refractivity contribution in [3.8, 4) is 5.75 Å². The highest BCUT2D eigenvalue weighted by molar-refractivity contribution is 5.30. The van der Waals surface area contributed by atoms with Gasteiger partial charge in [-0.2, -0.15) is 0 Å². The Labute approximate surface area is 126 Å². The fourth-order valence-electron chi connectivity index (χ4n) is 3.37. The summed E-state index contributed by atoms with van der Waals surface area (Å²) in [5.74, 6) is 0.647. The van der Waals surface area contributed by atoms with Crippen LogP contribution in [0.15, 0.2) is 24.3 Å². The highest BCUT2D eigenvalue weighted by Crippen LogP contribution is 2.36. The van der Waals surface area contributed by atoms with Crippen molar-refractivity contribution in [3.63, 3.8) is 0 Å². The van der Waals surface area contributed by atoms with Crippen molar-refractivity contribution in [2.45, 2.75) is 50.5 Å². The quantitative estimate of drug-likeness (QED) is 0.925. The molecule has 2 fully saturated rings. The van der Waals surface area contributed by atoms with Crippen LogP contribution in [0.4, 0.5) is 0 Å². The summed E-state index contributed by atoms with van der Waals surface area (Å²) in [7, 11) is 1.71. The van der Waals surface area contributed by atoms with Crippen LogP contribution in [-0.4, -0.2) is 32.2 Å². The van der Waals surface area contributed by atoms with E-state index in [9.17, 15) is 0 Å². The number of ether oxygens (including phenoxy) is 3. The van der Waals surface area contributed by atoms with Gasteiger partial charge in [0.2, 0.25) is 0 Å². The number of hydrogen-bond donors (Lipinski definition) is 1. The second-order valence-electron chi connectivity index (χ2n) is 6.05. The summed E-state index contributed by atoms with van der Waals surface area (Å²) in [6, 6.07) is 9.13. The third kappa shape index (κ3) is 3.39. The van der Waals surface area contributed by atoms with Crippen molar-refractivity contribution >= 4 is 0 Å². The monoisotopic (exact) mass is 291 g/mol. The van der Waals surface area contributed by atoms with Gasteiger partial charge < -0.3 is 19.5 Å². The van der Waals surface area contributed by atoms with Gasteiger partial charge in [-0.3, -0.25) is 0 Å². The van der Waals surface area contributed by atoms with Gasteiger partial charge in [-0.25, -0.2) is 0 Å². The van der Waals surface area contributed by atoms with Gasteiger partial charge in [-0.15, -0.1) is 0 Å². The second-order valence-corrected chi connectivity index (χ2v) is 6.05. The van der Waals surface area contributed by atoms with Crippen molar-refractivity contribution in [3.05, 3.63) is 29.8 Å². The minimum atomic E-state index is -0.266. The van der Waals surface area contributed by atoms with E-state index in [2.05, 4.69) is 24.4 Å². The van der Waals surface area contributed by atoms with Crippen molar-refractivity contribution in [2.75, 3.05) is 20.3 Å². The van der Waals surface area contributed by atoms with Crippen LogP contribution in [0.3, 0.4) is 0 Å². The standard InChI is InChI=1S/C17H25NO3/c1-13(14-4-3-5-16(12-14)19-2)18-15-6-8-17(9-7-15)20-10-11-21-17/h3-5,12-13,15,18H,6-11H2,1-2H3/t13-/m0/s1. The topological polar surface area (TPSA) is 39.7 Å². The number of methoxy groups -OCH3 is 1. The molecule has 3 rings (SSSR count). The molecule has 1 aliphatic carbocycles. The predicted molar refractivity (Wildman–Crippen MR) is 81.4 cm³/mol. The summed E-state index contributed by atoms with van der Waals surface area (Å²) < 4.78 is 16.9. The van der Waals surface area contributed by atoms with E-state index in [0.717, 1.165) is 44.6 Å². The van der Waals surface area contributed by atoms with Crippen molar-refractivity contribution < 1.29 is 14.2 Å². The molecule has 4 heteroatoms. The summed E-state index contributed by atoms with van der Waals surface area (Å²) >= 11 is 0. The molecule has 0 bridgehead atoms. The number of benzene rings is 1. The van der Waals surface area contributed by atoms with E-state index in [0.29, 0.717) is 12.1 Å². The highest BCUT2D eigenvalue weighted by Gasteiger charge is 2.40. The zero-order chi connectivity index (χ0) is 14.7. The molecule has 1 N–H and O–H groups in total. The predicted octanol–water partition coefficient (Wildman–Crippen LogP) is 3.03. The summed E-state index contributed by atoms with van der Waals surface area (Å²) in [5, 5.41) is 3.73. The number of rotatable bonds is 4. The molecule has 4 nitrogen and oxygen atoms in total. The lowest BCUT2D eigenvalue weighted by molar-refractivity contribution is -0.179. The molecule has 0 unspecified atom stereocenters. The highest BCUT2D eigenvalue weighted by atomic mass is 16.7. The fourth-order valence-corrected chi connectivity index (χ4v) is 3.37. The minimum Gasteiger partial charge on any atom is -0.497 e. The maximum Gasteiger partial charge on any atom is 0.168 e. The summed E-state index contributed by atoms with van der Waals surface area (Å²) in [5.41, 5.74) is 1.27. The lowest BCUT2D eigenvalue weighted by Crippen LogP contribution is -2.42. The maximum absolute atomic E-state index is 5.78. The van der Waals surface area contributed by atoms with E-state index in [1.807, 2.05) is 12.1 Å². The molecule has 1 saturated heterocycles. The molecule has 2 aliphatic rings. The molecular weight excluding hydrogens is 266 g/mol. The van der Waals surface area contributed by atoms with Crippen LogP contribution in [-0.2, 0) is 9.47 Å². The summed E-state index contributed by atoms with van der Waals surface area (Å²) in [6.07, 6.45) is 4.20. The first-order chi connectivity index (χ1) is 10.2. The van der Waals surface area contributed by atoms with Gasteiger partial charge in [-0.05, 0) is 37.5 Å². The normalized spacial score (nSPS) is 23.3. The van der Waals surface area contributed by atoms with Crippen LogP contribution >= 0.6 is 0 Å². The Morgan fingerprint density at radius 3 is 2.62 bits per heavy atom. The number of hydrogen-bond acceptors (Lipinski definition) is 4. The molecule has 21 heavy (non-hydrogen) atoms. The Hall–Kier alpha value is -1.10. The van der Waals surface area contributed by atoms with Crippen LogP contribution in [0, 0.1) is 0 Å². The van der Waals surface area contributed by atoms with E-state index in [1.165, 1.54) is 5.56 Å². The average Bonchev–Trinajstić information content (AvgIpc) is 2.98. The smallest absolute Gasteiger partial charge is 0.168 e. The largest absolute Gasteiger partial charge is 0.497 e. The zero-order valence-electron chi connectivity index (χ0n) is 12.9. The van der Waals surface area contributed by atoms with Gasteiger partial charge in [-0.1, -0.05) is 12.1 Å². The van der Waals surface area contributed by atoms with Gasteiger partial charge in [0, 0.05) is 24.9 Å². The van der Waals surface area contributed by atoms with E-state index in [1.54, 1.807) is 7.11 Å². The summed E-state index contributed by atoms with van der Waals surface area (Å²) in [4.78, 5) is 0. The number of nitrogens with one attached hydrogen (secondary N) is 1. The maximum atomic E-state index is 5.78. The van der Waals surface area contributed by atoms with Crippen LogP contribution in [0.25, 0.3) is 0 Å². The second kappa shape index (κ2) is 6.34. The van der Waals surface area contributed by atoms with E-state index >= 15 is 0 Å². The molecule has 0 amide bonds. The van der Waals surface area contributed by atoms with E-state index in [4.69, 9.17) is 14.2 Å². The van der Waals surface area contributed by atoms with Crippen LogP contribution in [0.5, 0.6) is 5.75 Å². The first kappa shape index (κ1) is 14.8. The van der Waals surface area contributed by atoms with Crippen LogP contribution < -0.4 is 10.1 Å². The van der Waals surface area contributed by atoms with Crippen LogP contribution in [0.2, 0.25) is 0 Å². The molecule has 0 aromatic heterocycles. The Kier molecular flexibility index (Phi) is 4.48. The van der Waals surface area contributed by atoms with E-state index < -0.39 is 0 Å². The zero-order valence-corrected chi connectivity index (χ0v) is 12.9. The molecule has 1 spiro atoms. The first-order valence-electron chi connectivity index (χ1n) is 7.89. The lowest BCUT2D eigenvalue weighted by Gasteiger charge is -2.36. The summed E-state index contributed by atoms with van der Waals surface area (Å²) in [6.45, 7) is 3.71. The molecule has 1 aliphatic heterocycles. The molecule has 116 valence electrons. The van der Waals surface area contributed by atoms with Crippen molar-refractivity contribution in [2.24, 2.45) is 0 Å². The van der Waals surface area contributed by atoms with Crippen LogP contribution in [0.1, 0.15) is 44.2 Å². The lowest BCUT2D eigenvalue weighted by atomic mass is 9.89.